The number of aromatic nitrogens is 2. The van der Waals surface area contributed by atoms with E-state index in [-0.39, 0.29) is 11.6 Å². The first-order valence-corrected chi connectivity index (χ1v) is 17.2. The Morgan fingerprint density at radius 1 is 0.688 bits per heavy atom. The van der Waals surface area contributed by atoms with E-state index in [1.165, 1.54) is 28.0 Å². The van der Waals surface area contributed by atoms with E-state index >= 15 is 0 Å². The number of hydrogen-bond acceptors (Lipinski definition) is 3. The van der Waals surface area contributed by atoms with Gasteiger partial charge < -0.3 is 4.57 Å². The van der Waals surface area contributed by atoms with Crippen LogP contribution in [-0.4, -0.2) is 9.13 Å². The molecule has 7 aromatic rings. The molecule has 0 spiro atoms. The number of allylic oxidation sites excluding steroid dienone is 1. The van der Waals surface area contributed by atoms with Gasteiger partial charge in [-0.2, -0.15) is 0 Å². The predicted octanol–water partition coefficient (Wildman–Crippen LogP) is 8.44. The van der Waals surface area contributed by atoms with Crippen molar-refractivity contribution < 1.29 is 0 Å². The van der Waals surface area contributed by atoms with Crippen LogP contribution >= 0.6 is 11.3 Å². The number of para-hydroxylation sites is 1. The summed E-state index contributed by atoms with van der Waals surface area (Å²) in [5.74, 6) is 0. The number of nitrogens with zero attached hydrogens (tertiary/aromatic N) is 3. The van der Waals surface area contributed by atoms with Crippen LogP contribution in [0.2, 0.25) is 0 Å². The summed E-state index contributed by atoms with van der Waals surface area (Å²) in [6, 6.07) is 52.4. The van der Waals surface area contributed by atoms with Crippen molar-refractivity contribution in [3.8, 4) is 28.2 Å². The van der Waals surface area contributed by atoms with Gasteiger partial charge in [-0.05, 0) is 64.9 Å². The van der Waals surface area contributed by atoms with Crippen LogP contribution in [0, 0.1) is 0 Å². The lowest BCUT2D eigenvalue weighted by molar-refractivity contribution is 0.585. The van der Waals surface area contributed by atoms with E-state index in [9.17, 15) is 4.79 Å². The maximum Gasteiger partial charge on any atom is 0.271 e. The lowest BCUT2D eigenvalue weighted by Crippen LogP contribution is -2.38. The molecule has 1 aliphatic heterocycles. The summed E-state index contributed by atoms with van der Waals surface area (Å²) in [5.41, 5.74) is 12.2. The van der Waals surface area contributed by atoms with Gasteiger partial charge in [0.1, 0.15) is 0 Å². The van der Waals surface area contributed by atoms with Gasteiger partial charge in [0.2, 0.25) is 0 Å². The summed E-state index contributed by atoms with van der Waals surface area (Å²) in [4.78, 5) is 20.6. The molecule has 0 unspecified atom stereocenters. The third-order valence-corrected chi connectivity index (χ3v) is 10.4. The highest BCUT2D eigenvalue weighted by molar-refractivity contribution is 7.07. The first-order chi connectivity index (χ1) is 23.7. The molecule has 2 aromatic heterocycles. The molecule has 0 radical (unpaired) electrons. The Kier molecular flexibility index (Phi) is 6.98. The zero-order valence-electron chi connectivity index (χ0n) is 26.2. The monoisotopic (exact) mass is 637 g/mol. The highest BCUT2D eigenvalue weighted by atomic mass is 32.1. The van der Waals surface area contributed by atoms with Crippen molar-refractivity contribution in [2.45, 2.75) is 18.9 Å². The molecule has 0 bridgehead atoms. The standard InChI is InChI=1S/C43H31N3OS/c47-42-38(48-43-44-39-35-24-14-13-15-29(35)25-26-36(39)41(46(42)43)32-20-9-3-10-21-32)28-33-27-37(30-16-5-1-6-17-30)45(34-22-11-4-12-23-34)40(33)31-18-7-2-8-19-31/h1-24,27-28,41H,25-26H2/b38-28+/t41-/m0/s1. The molecule has 0 amide bonds. The van der Waals surface area contributed by atoms with E-state index in [1.54, 1.807) is 0 Å². The first-order valence-electron chi connectivity index (χ1n) is 16.3. The smallest absolute Gasteiger partial charge is 0.271 e. The maximum absolute atomic E-state index is 14.7. The highest BCUT2D eigenvalue weighted by Gasteiger charge is 2.32. The molecule has 48 heavy (non-hydrogen) atoms. The Morgan fingerprint density at radius 3 is 2.04 bits per heavy atom. The summed E-state index contributed by atoms with van der Waals surface area (Å²) in [6.45, 7) is 0. The minimum Gasteiger partial charge on any atom is -0.309 e. The second-order valence-electron chi connectivity index (χ2n) is 12.3. The molecule has 0 fully saturated rings. The largest absolute Gasteiger partial charge is 0.309 e. The van der Waals surface area contributed by atoms with Crippen LogP contribution < -0.4 is 14.9 Å². The molecule has 2 aliphatic rings. The zero-order chi connectivity index (χ0) is 32.0. The summed E-state index contributed by atoms with van der Waals surface area (Å²) < 4.78 is 4.92. The van der Waals surface area contributed by atoms with E-state index in [2.05, 4.69) is 138 Å². The summed E-state index contributed by atoms with van der Waals surface area (Å²) in [6.07, 6.45) is 3.89. The lowest BCUT2D eigenvalue weighted by atomic mass is 9.83. The molecule has 0 saturated heterocycles. The Labute approximate surface area is 282 Å². The minimum absolute atomic E-state index is 0.00857. The number of thiazole rings is 1. The van der Waals surface area contributed by atoms with Crippen molar-refractivity contribution >= 4 is 23.1 Å². The fourth-order valence-electron chi connectivity index (χ4n) is 7.30. The number of hydrogen-bond donors (Lipinski definition) is 0. The SMILES string of the molecule is O=c1/c(=C\c2cc(-c3ccccc3)n(-c3ccccc3)c2-c2ccccc2)sc2n1[C@@H](c1ccccc1)C1=C(N=2)c2ccccc2CC1. The van der Waals surface area contributed by atoms with Crippen LogP contribution in [0.15, 0.2) is 167 Å². The average molecular weight is 638 g/mol. The lowest BCUT2D eigenvalue weighted by Gasteiger charge is -2.30. The van der Waals surface area contributed by atoms with Crippen molar-refractivity contribution in [2.75, 3.05) is 0 Å². The van der Waals surface area contributed by atoms with E-state index in [0.717, 1.165) is 62.7 Å². The second kappa shape index (κ2) is 11.8. The topological polar surface area (TPSA) is 39.3 Å². The number of rotatable bonds is 5. The average Bonchev–Trinajstić information content (AvgIpc) is 3.69. The van der Waals surface area contributed by atoms with Crippen molar-refractivity contribution in [2.24, 2.45) is 4.99 Å². The summed E-state index contributed by atoms with van der Waals surface area (Å²) in [7, 11) is 0. The normalized spacial score (nSPS) is 15.4. The molecule has 1 atom stereocenters. The highest BCUT2D eigenvalue weighted by Crippen LogP contribution is 2.41. The maximum atomic E-state index is 14.7. The summed E-state index contributed by atoms with van der Waals surface area (Å²) >= 11 is 1.48. The van der Waals surface area contributed by atoms with Crippen LogP contribution in [0.3, 0.4) is 0 Å². The minimum atomic E-state index is -0.199. The first kappa shape index (κ1) is 28.4. The molecule has 4 nitrogen and oxygen atoms in total. The number of fused-ring (bicyclic) bond motifs is 3. The summed E-state index contributed by atoms with van der Waals surface area (Å²) in [5, 5.41) is 0. The molecule has 1 aliphatic carbocycles. The molecule has 9 rings (SSSR count). The molecule has 0 N–H and O–H groups in total. The van der Waals surface area contributed by atoms with Crippen molar-refractivity contribution in [3.05, 3.63) is 199 Å². The van der Waals surface area contributed by atoms with Crippen LogP contribution in [0.25, 0.3) is 40.0 Å². The van der Waals surface area contributed by atoms with Crippen LogP contribution in [-0.2, 0) is 6.42 Å². The van der Waals surface area contributed by atoms with Crippen molar-refractivity contribution in [1.82, 2.24) is 9.13 Å². The Balaban J connectivity index is 1.32. The van der Waals surface area contributed by atoms with Gasteiger partial charge in [-0.1, -0.05) is 145 Å². The van der Waals surface area contributed by atoms with Gasteiger partial charge in [-0.3, -0.25) is 9.36 Å². The third kappa shape index (κ3) is 4.74. The van der Waals surface area contributed by atoms with E-state index in [1.807, 2.05) is 28.8 Å². The van der Waals surface area contributed by atoms with Gasteiger partial charge in [0.05, 0.1) is 27.7 Å². The van der Waals surface area contributed by atoms with Gasteiger partial charge in [0, 0.05) is 16.8 Å². The molecule has 3 heterocycles. The number of benzene rings is 5. The van der Waals surface area contributed by atoms with Crippen molar-refractivity contribution in [1.29, 1.82) is 0 Å². The van der Waals surface area contributed by atoms with Crippen LogP contribution in [0.5, 0.6) is 0 Å². The third-order valence-electron chi connectivity index (χ3n) is 9.44. The van der Waals surface area contributed by atoms with Crippen molar-refractivity contribution in [3.63, 3.8) is 0 Å². The Hall–Kier alpha value is -5.78. The fourth-order valence-corrected chi connectivity index (χ4v) is 8.29. The van der Waals surface area contributed by atoms with E-state index in [0.29, 0.717) is 4.53 Å². The quantitative estimate of drug-likeness (QED) is 0.187. The van der Waals surface area contributed by atoms with E-state index < -0.39 is 0 Å². The van der Waals surface area contributed by atoms with Crippen LogP contribution in [0.1, 0.15) is 34.7 Å². The Morgan fingerprint density at radius 2 is 1.31 bits per heavy atom. The van der Waals surface area contributed by atoms with Gasteiger partial charge in [-0.15, -0.1) is 0 Å². The van der Waals surface area contributed by atoms with Gasteiger partial charge in [0.15, 0.2) is 4.80 Å². The molecule has 5 heteroatoms. The van der Waals surface area contributed by atoms with Gasteiger partial charge in [0.25, 0.3) is 5.56 Å². The molecular weight excluding hydrogens is 607 g/mol. The van der Waals surface area contributed by atoms with Crippen LogP contribution in [0.4, 0.5) is 0 Å². The molecule has 0 saturated carbocycles. The predicted molar refractivity (Wildman–Crippen MR) is 196 cm³/mol. The Bertz CT molecular complexity index is 2510. The molecular formula is C43H31N3OS. The molecule has 230 valence electrons. The number of aryl methyl sites for hydroxylation is 1. The fraction of sp³-hybridized carbons (Fsp3) is 0.0698. The van der Waals surface area contributed by atoms with E-state index in [4.69, 9.17) is 4.99 Å². The van der Waals surface area contributed by atoms with Gasteiger partial charge >= 0.3 is 0 Å². The molecule has 5 aromatic carbocycles. The zero-order valence-corrected chi connectivity index (χ0v) is 27.0. The van der Waals surface area contributed by atoms with Gasteiger partial charge in [-0.25, -0.2) is 4.99 Å². The second-order valence-corrected chi connectivity index (χ2v) is 13.3.